The summed E-state index contributed by atoms with van der Waals surface area (Å²) in [6.45, 7) is 3.75. The summed E-state index contributed by atoms with van der Waals surface area (Å²) in [4.78, 5) is 24.3. The van der Waals surface area contributed by atoms with Crippen molar-refractivity contribution in [3.05, 3.63) is 24.3 Å². The van der Waals surface area contributed by atoms with Crippen LogP contribution >= 0.6 is 11.8 Å². The lowest BCUT2D eigenvalue weighted by Crippen LogP contribution is -2.43. The molecule has 0 heterocycles. The molecule has 5 nitrogen and oxygen atoms in total. The molecule has 116 valence electrons. The van der Waals surface area contributed by atoms with Gasteiger partial charge < -0.3 is 15.7 Å². The average Bonchev–Trinajstić information content (AvgIpc) is 2.49. The van der Waals surface area contributed by atoms with Gasteiger partial charge in [0.05, 0.1) is 5.41 Å². The highest BCUT2D eigenvalue weighted by Gasteiger charge is 2.35. The average molecular weight is 310 g/mol. The number of anilines is 1. The van der Waals surface area contributed by atoms with E-state index < -0.39 is 11.4 Å². The first-order valence-electron chi connectivity index (χ1n) is 6.89. The lowest BCUT2D eigenvalue weighted by atomic mass is 9.82. The van der Waals surface area contributed by atoms with Gasteiger partial charge in [-0.1, -0.05) is 13.8 Å². The van der Waals surface area contributed by atoms with Crippen molar-refractivity contribution in [3.8, 4) is 0 Å². The zero-order valence-corrected chi connectivity index (χ0v) is 13.4. The SMILES string of the molecule is CCC(CC)(CNC(=O)Nc1ccc(SC)cc1)C(=O)O. The van der Waals surface area contributed by atoms with Gasteiger partial charge in [-0.15, -0.1) is 11.8 Å². The molecule has 0 atom stereocenters. The summed E-state index contributed by atoms with van der Waals surface area (Å²) >= 11 is 1.63. The summed E-state index contributed by atoms with van der Waals surface area (Å²) in [6, 6.07) is 7.07. The van der Waals surface area contributed by atoms with Crippen molar-refractivity contribution in [2.24, 2.45) is 5.41 Å². The second kappa shape index (κ2) is 7.93. The fraction of sp³-hybridized carbons (Fsp3) is 0.467. The Labute approximate surface area is 129 Å². The van der Waals surface area contributed by atoms with Crippen LogP contribution in [0.3, 0.4) is 0 Å². The van der Waals surface area contributed by atoms with Crippen molar-refractivity contribution < 1.29 is 14.7 Å². The van der Waals surface area contributed by atoms with Crippen LogP contribution in [0.2, 0.25) is 0 Å². The number of nitrogens with one attached hydrogen (secondary N) is 2. The highest BCUT2D eigenvalue weighted by atomic mass is 32.2. The van der Waals surface area contributed by atoms with Crippen LogP contribution in [0.5, 0.6) is 0 Å². The van der Waals surface area contributed by atoms with Gasteiger partial charge in [-0.3, -0.25) is 4.79 Å². The van der Waals surface area contributed by atoms with Crippen LogP contribution in [0.4, 0.5) is 10.5 Å². The summed E-state index contributed by atoms with van der Waals surface area (Å²) in [5.74, 6) is -0.878. The first-order chi connectivity index (χ1) is 9.97. The van der Waals surface area contributed by atoms with Crippen molar-refractivity contribution in [2.45, 2.75) is 31.6 Å². The summed E-state index contributed by atoms with van der Waals surface area (Å²) < 4.78 is 0. The van der Waals surface area contributed by atoms with Gasteiger partial charge in [0.25, 0.3) is 0 Å². The number of amides is 2. The molecule has 0 spiro atoms. The number of carboxylic acids is 1. The Bertz CT molecular complexity index is 484. The van der Waals surface area contributed by atoms with E-state index in [-0.39, 0.29) is 12.6 Å². The number of carbonyl (C=O) groups excluding carboxylic acids is 1. The molecule has 6 heteroatoms. The minimum absolute atomic E-state index is 0.115. The van der Waals surface area contributed by atoms with Gasteiger partial charge in [-0.25, -0.2) is 4.79 Å². The van der Waals surface area contributed by atoms with E-state index in [0.29, 0.717) is 18.5 Å². The molecule has 0 saturated carbocycles. The van der Waals surface area contributed by atoms with Crippen LogP contribution < -0.4 is 10.6 Å². The van der Waals surface area contributed by atoms with E-state index in [2.05, 4.69) is 10.6 Å². The Balaban J connectivity index is 2.58. The number of aliphatic carboxylic acids is 1. The molecular weight excluding hydrogens is 288 g/mol. The lowest BCUT2D eigenvalue weighted by Gasteiger charge is -2.26. The van der Waals surface area contributed by atoms with Crippen LogP contribution in [0, 0.1) is 5.41 Å². The quantitative estimate of drug-likeness (QED) is 0.674. The fourth-order valence-corrected chi connectivity index (χ4v) is 2.39. The predicted octanol–water partition coefficient (Wildman–Crippen LogP) is 3.42. The Morgan fingerprint density at radius 1 is 1.19 bits per heavy atom. The number of thioether (sulfide) groups is 1. The van der Waals surface area contributed by atoms with Crippen LogP contribution in [-0.4, -0.2) is 29.9 Å². The van der Waals surface area contributed by atoms with Crippen molar-refractivity contribution in [2.75, 3.05) is 18.1 Å². The van der Waals surface area contributed by atoms with Gasteiger partial charge in [-0.2, -0.15) is 0 Å². The molecule has 2 amide bonds. The zero-order valence-electron chi connectivity index (χ0n) is 12.6. The van der Waals surface area contributed by atoms with E-state index in [1.54, 1.807) is 11.8 Å². The summed E-state index contributed by atoms with van der Waals surface area (Å²) in [5.41, 5.74) is -0.223. The maximum Gasteiger partial charge on any atom is 0.319 e. The first-order valence-corrected chi connectivity index (χ1v) is 8.12. The molecule has 0 aliphatic carbocycles. The molecule has 0 radical (unpaired) electrons. The van der Waals surface area contributed by atoms with E-state index in [4.69, 9.17) is 0 Å². The molecule has 3 N–H and O–H groups in total. The van der Waals surface area contributed by atoms with Gasteiger partial charge >= 0.3 is 12.0 Å². The topological polar surface area (TPSA) is 78.4 Å². The van der Waals surface area contributed by atoms with Crippen molar-refractivity contribution in [1.82, 2.24) is 5.32 Å². The van der Waals surface area contributed by atoms with E-state index in [9.17, 15) is 14.7 Å². The fourth-order valence-electron chi connectivity index (χ4n) is 1.98. The monoisotopic (exact) mass is 310 g/mol. The van der Waals surface area contributed by atoms with Crippen molar-refractivity contribution in [3.63, 3.8) is 0 Å². The zero-order chi connectivity index (χ0) is 15.9. The maximum absolute atomic E-state index is 11.8. The van der Waals surface area contributed by atoms with Crippen LogP contribution in [-0.2, 0) is 4.79 Å². The number of rotatable bonds is 7. The van der Waals surface area contributed by atoms with E-state index in [1.807, 2.05) is 44.4 Å². The first kappa shape index (κ1) is 17.4. The molecule has 0 fully saturated rings. The molecule has 0 aliphatic heterocycles. The van der Waals surface area contributed by atoms with Gasteiger partial charge in [-0.05, 0) is 43.4 Å². The van der Waals surface area contributed by atoms with E-state index in [0.717, 1.165) is 4.90 Å². The second-order valence-electron chi connectivity index (χ2n) is 4.83. The van der Waals surface area contributed by atoms with E-state index in [1.165, 1.54) is 0 Å². The number of urea groups is 1. The molecule has 21 heavy (non-hydrogen) atoms. The van der Waals surface area contributed by atoms with Crippen molar-refractivity contribution in [1.29, 1.82) is 0 Å². The molecular formula is C15H22N2O3S. The van der Waals surface area contributed by atoms with Gasteiger partial charge in [0.2, 0.25) is 0 Å². The third kappa shape index (κ3) is 4.67. The predicted molar refractivity (Wildman–Crippen MR) is 85.9 cm³/mol. The molecule has 0 bridgehead atoms. The molecule has 0 unspecified atom stereocenters. The smallest absolute Gasteiger partial charge is 0.319 e. The van der Waals surface area contributed by atoms with Crippen LogP contribution in [0.1, 0.15) is 26.7 Å². The molecule has 0 aromatic heterocycles. The lowest BCUT2D eigenvalue weighted by molar-refractivity contribution is -0.149. The minimum Gasteiger partial charge on any atom is -0.481 e. The highest BCUT2D eigenvalue weighted by molar-refractivity contribution is 7.98. The van der Waals surface area contributed by atoms with Crippen LogP contribution in [0.25, 0.3) is 0 Å². The normalized spacial score (nSPS) is 11.0. The molecule has 1 rings (SSSR count). The van der Waals surface area contributed by atoms with Crippen molar-refractivity contribution >= 4 is 29.4 Å². The molecule has 0 saturated heterocycles. The van der Waals surface area contributed by atoms with Gasteiger partial charge in [0, 0.05) is 17.1 Å². The third-order valence-electron chi connectivity index (χ3n) is 3.74. The minimum atomic E-state index is -0.903. The van der Waals surface area contributed by atoms with Crippen LogP contribution in [0.15, 0.2) is 29.2 Å². The number of carbonyl (C=O) groups is 2. The number of carboxylic acid groups (broad SMARTS) is 1. The largest absolute Gasteiger partial charge is 0.481 e. The Kier molecular flexibility index (Phi) is 6.55. The van der Waals surface area contributed by atoms with E-state index >= 15 is 0 Å². The Morgan fingerprint density at radius 3 is 2.19 bits per heavy atom. The second-order valence-corrected chi connectivity index (χ2v) is 5.71. The Hall–Kier alpha value is -1.69. The molecule has 1 aromatic rings. The van der Waals surface area contributed by atoms with Gasteiger partial charge in [0.15, 0.2) is 0 Å². The maximum atomic E-state index is 11.8. The Morgan fingerprint density at radius 2 is 1.76 bits per heavy atom. The third-order valence-corrected chi connectivity index (χ3v) is 4.49. The molecule has 1 aromatic carbocycles. The van der Waals surface area contributed by atoms with Gasteiger partial charge in [0.1, 0.15) is 0 Å². The standard InChI is InChI=1S/C15H22N2O3S/c1-4-15(5-2,13(18)19)10-16-14(20)17-11-6-8-12(21-3)9-7-11/h6-9H,4-5,10H2,1-3H3,(H,18,19)(H2,16,17,20). The summed E-state index contributed by atoms with van der Waals surface area (Å²) in [6.07, 6.45) is 2.93. The summed E-state index contributed by atoms with van der Waals surface area (Å²) in [5, 5.41) is 14.7. The summed E-state index contributed by atoms with van der Waals surface area (Å²) in [7, 11) is 0. The molecule has 0 aliphatic rings. The number of benzene rings is 1. The number of hydrogen-bond donors (Lipinski definition) is 3. The number of hydrogen-bond acceptors (Lipinski definition) is 3. The highest BCUT2D eigenvalue weighted by Crippen LogP contribution is 2.25.